The molecule has 0 spiro atoms. The first kappa shape index (κ1) is 23.0. The molecule has 0 bridgehead atoms. The van der Waals surface area contributed by atoms with Crippen LogP contribution in [-0.4, -0.2) is 35.4 Å². The molecule has 1 amide bonds. The zero-order valence-corrected chi connectivity index (χ0v) is 20.8. The molecule has 35 heavy (non-hydrogen) atoms. The van der Waals surface area contributed by atoms with E-state index in [-0.39, 0.29) is 11.9 Å². The summed E-state index contributed by atoms with van der Waals surface area (Å²) < 4.78 is 3.38. The summed E-state index contributed by atoms with van der Waals surface area (Å²) in [5, 5.41) is 13.5. The summed E-state index contributed by atoms with van der Waals surface area (Å²) in [6.07, 6.45) is 1.52. The van der Waals surface area contributed by atoms with Crippen LogP contribution in [0.1, 0.15) is 27.3 Å². The molecule has 0 radical (unpaired) electrons. The summed E-state index contributed by atoms with van der Waals surface area (Å²) in [4.78, 5) is 22.4. The third-order valence-electron chi connectivity index (χ3n) is 5.87. The minimum absolute atomic E-state index is 0.175. The van der Waals surface area contributed by atoms with Gasteiger partial charge in [0.2, 0.25) is 5.95 Å². The predicted octanol–water partition coefficient (Wildman–Crippen LogP) is 5.45. The number of fused-ring (bicyclic) bond motifs is 1. The number of anilines is 1. The molecule has 1 N–H and O–H groups in total. The van der Waals surface area contributed by atoms with Crippen molar-refractivity contribution < 1.29 is 4.79 Å². The van der Waals surface area contributed by atoms with Gasteiger partial charge in [-0.05, 0) is 38.1 Å². The fourth-order valence-electron chi connectivity index (χ4n) is 4.08. The number of rotatable bonds is 5. The lowest BCUT2D eigenvalue weighted by atomic mass is 10.0. The Labute approximate surface area is 211 Å². The Balaban J connectivity index is 1.48. The number of nitrogens with zero attached hydrogens (tertiary/aromatic N) is 6. The van der Waals surface area contributed by atoms with Gasteiger partial charge in [0.15, 0.2) is 0 Å². The van der Waals surface area contributed by atoms with Crippen molar-refractivity contribution in [3.05, 3.63) is 87.4 Å². The van der Waals surface area contributed by atoms with Gasteiger partial charge in [-0.1, -0.05) is 47.5 Å². The third-order valence-corrected chi connectivity index (χ3v) is 6.58. The highest BCUT2D eigenvalue weighted by atomic mass is 35.5. The summed E-state index contributed by atoms with van der Waals surface area (Å²) in [6, 6.07) is 14.6. The number of nitrogens with one attached hydrogen (secondary N) is 1. The Bertz CT molecular complexity index is 1570. The number of carbonyl (C=O) groups excluding carboxylic acids is 1. The Kier molecular flexibility index (Phi) is 6.00. The number of halogens is 2. The SMILES string of the molecule is Cc1nn(C)c(C)c1-c1cc(C(=O)Nc2ncn(Cc3c(Cl)cccc3Cl)n2)c2ccccc2n1. The van der Waals surface area contributed by atoms with Crippen LogP contribution in [0, 0.1) is 13.8 Å². The molecule has 0 unspecified atom stereocenters. The van der Waals surface area contributed by atoms with Crippen molar-refractivity contribution in [3.63, 3.8) is 0 Å². The van der Waals surface area contributed by atoms with Gasteiger partial charge in [-0.25, -0.2) is 14.6 Å². The molecular formula is C25H21Cl2N7O. The highest BCUT2D eigenvalue weighted by molar-refractivity contribution is 6.36. The molecule has 0 aliphatic carbocycles. The average Bonchev–Trinajstić information content (AvgIpc) is 3.38. The quantitative estimate of drug-likeness (QED) is 0.342. The first-order valence-corrected chi connectivity index (χ1v) is 11.6. The van der Waals surface area contributed by atoms with Crippen LogP contribution < -0.4 is 5.32 Å². The van der Waals surface area contributed by atoms with Crippen molar-refractivity contribution in [3.8, 4) is 11.3 Å². The maximum absolute atomic E-state index is 13.4. The van der Waals surface area contributed by atoms with Crippen LogP contribution in [0.2, 0.25) is 10.0 Å². The lowest BCUT2D eigenvalue weighted by Gasteiger charge is -2.10. The fourth-order valence-corrected chi connectivity index (χ4v) is 4.59. The lowest BCUT2D eigenvalue weighted by molar-refractivity contribution is 0.102. The number of amides is 1. The lowest BCUT2D eigenvalue weighted by Crippen LogP contribution is -2.14. The molecular weight excluding hydrogens is 485 g/mol. The highest BCUT2D eigenvalue weighted by Crippen LogP contribution is 2.30. The summed E-state index contributed by atoms with van der Waals surface area (Å²) in [5.41, 5.74) is 5.32. The van der Waals surface area contributed by atoms with E-state index in [1.807, 2.05) is 49.8 Å². The van der Waals surface area contributed by atoms with Gasteiger partial charge in [-0.15, -0.1) is 5.10 Å². The molecule has 5 rings (SSSR count). The molecule has 8 nitrogen and oxygen atoms in total. The fraction of sp³-hybridized carbons (Fsp3) is 0.160. The molecule has 0 aliphatic rings. The van der Waals surface area contributed by atoms with Crippen molar-refractivity contribution >= 4 is 46.0 Å². The topological polar surface area (TPSA) is 90.5 Å². The first-order valence-electron chi connectivity index (χ1n) is 10.9. The van der Waals surface area contributed by atoms with Gasteiger partial charge in [0.1, 0.15) is 6.33 Å². The normalized spacial score (nSPS) is 11.2. The van der Waals surface area contributed by atoms with E-state index in [1.54, 1.807) is 28.9 Å². The van der Waals surface area contributed by atoms with Crippen LogP contribution in [0.5, 0.6) is 0 Å². The van der Waals surface area contributed by atoms with E-state index in [2.05, 4.69) is 20.5 Å². The highest BCUT2D eigenvalue weighted by Gasteiger charge is 2.19. The molecule has 5 aromatic rings. The van der Waals surface area contributed by atoms with Gasteiger partial charge in [-0.2, -0.15) is 5.10 Å². The van der Waals surface area contributed by atoms with Crippen molar-refractivity contribution in [2.75, 3.05) is 5.32 Å². The molecule has 0 aliphatic heterocycles. The summed E-state index contributed by atoms with van der Waals surface area (Å²) in [5.74, 6) is -0.160. The largest absolute Gasteiger partial charge is 0.289 e. The van der Waals surface area contributed by atoms with E-state index < -0.39 is 0 Å². The van der Waals surface area contributed by atoms with Gasteiger partial charge in [0.05, 0.1) is 29.0 Å². The summed E-state index contributed by atoms with van der Waals surface area (Å²) in [6.45, 7) is 4.23. The smallest absolute Gasteiger partial charge is 0.258 e. The molecule has 3 aromatic heterocycles. The summed E-state index contributed by atoms with van der Waals surface area (Å²) in [7, 11) is 1.89. The Morgan fingerprint density at radius 2 is 1.77 bits per heavy atom. The van der Waals surface area contributed by atoms with Crippen molar-refractivity contribution in [1.82, 2.24) is 29.5 Å². The maximum atomic E-state index is 13.4. The molecule has 0 fully saturated rings. The zero-order chi connectivity index (χ0) is 24.7. The minimum atomic E-state index is -0.336. The zero-order valence-electron chi connectivity index (χ0n) is 19.3. The van der Waals surface area contributed by atoms with E-state index >= 15 is 0 Å². The molecule has 0 saturated heterocycles. The van der Waals surface area contributed by atoms with Gasteiger partial charge >= 0.3 is 0 Å². The van der Waals surface area contributed by atoms with Crippen LogP contribution in [-0.2, 0) is 13.6 Å². The number of hydrogen-bond donors (Lipinski definition) is 1. The van der Waals surface area contributed by atoms with Crippen molar-refractivity contribution in [2.45, 2.75) is 20.4 Å². The Morgan fingerprint density at radius 3 is 2.49 bits per heavy atom. The van der Waals surface area contributed by atoms with E-state index in [0.29, 0.717) is 33.4 Å². The Morgan fingerprint density at radius 1 is 1.03 bits per heavy atom. The molecule has 10 heteroatoms. The molecule has 176 valence electrons. The van der Waals surface area contributed by atoms with Crippen molar-refractivity contribution in [1.29, 1.82) is 0 Å². The molecule has 3 heterocycles. The van der Waals surface area contributed by atoms with Gasteiger partial charge in [0.25, 0.3) is 5.91 Å². The van der Waals surface area contributed by atoms with Gasteiger partial charge < -0.3 is 0 Å². The second-order valence-electron chi connectivity index (χ2n) is 8.16. The number of aromatic nitrogens is 6. The van der Waals surface area contributed by atoms with Crippen LogP contribution in [0.25, 0.3) is 22.2 Å². The third kappa shape index (κ3) is 4.38. The number of para-hydroxylation sites is 1. The van der Waals surface area contributed by atoms with Gasteiger partial charge in [-0.3, -0.25) is 14.8 Å². The van der Waals surface area contributed by atoms with Crippen LogP contribution in [0.4, 0.5) is 5.95 Å². The molecule has 2 aromatic carbocycles. The number of carbonyl (C=O) groups is 1. The summed E-state index contributed by atoms with van der Waals surface area (Å²) >= 11 is 12.5. The van der Waals surface area contributed by atoms with E-state index in [1.165, 1.54) is 6.33 Å². The molecule has 0 saturated carbocycles. The average molecular weight is 506 g/mol. The van der Waals surface area contributed by atoms with Gasteiger partial charge in [0, 0.05) is 39.3 Å². The Hall–Kier alpha value is -3.75. The molecule has 0 atom stereocenters. The number of pyridine rings is 1. The first-order chi connectivity index (χ1) is 16.8. The van der Waals surface area contributed by atoms with E-state index in [4.69, 9.17) is 28.2 Å². The van der Waals surface area contributed by atoms with Crippen LogP contribution in [0.15, 0.2) is 54.9 Å². The monoisotopic (exact) mass is 505 g/mol. The van der Waals surface area contributed by atoms with Crippen LogP contribution >= 0.6 is 23.2 Å². The standard InChI is InChI=1S/C25H21Cl2N7O/c1-14-23(15(2)33(3)31-14)22-11-17(16-7-4-5-10-21(16)29-22)24(35)30-25-28-13-34(32-25)12-18-19(26)8-6-9-20(18)27/h4-11,13H,12H2,1-3H3,(H,30,32,35). The van der Waals surface area contributed by atoms with E-state index in [0.717, 1.165) is 27.9 Å². The number of hydrogen-bond acceptors (Lipinski definition) is 5. The number of benzene rings is 2. The van der Waals surface area contributed by atoms with Crippen LogP contribution in [0.3, 0.4) is 0 Å². The van der Waals surface area contributed by atoms with Crippen molar-refractivity contribution in [2.24, 2.45) is 7.05 Å². The maximum Gasteiger partial charge on any atom is 0.258 e. The second-order valence-corrected chi connectivity index (χ2v) is 8.98. The van der Waals surface area contributed by atoms with E-state index in [9.17, 15) is 4.79 Å². The number of aryl methyl sites for hydroxylation is 2. The second kappa shape index (κ2) is 9.13. The minimum Gasteiger partial charge on any atom is -0.289 e. The predicted molar refractivity (Wildman–Crippen MR) is 137 cm³/mol.